The van der Waals surface area contributed by atoms with E-state index >= 15 is 0 Å². The molecule has 1 aliphatic rings. The Balaban J connectivity index is 1.60. The summed E-state index contributed by atoms with van der Waals surface area (Å²) in [6.07, 6.45) is 2.66. The van der Waals surface area contributed by atoms with Crippen LogP contribution in [0.2, 0.25) is 0 Å². The number of carbonyl (C=O) groups is 2. The number of para-hydroxylation sites is 1. The van der Waals surface area contributed by atoms with Gasteiger partial charge in [0.15, 0.2) is 5.17 Å². The summed E-state index contributed by atoms with van der Waals surface area (Å²) in [5.74, 6) is 0.452. The Labute approximate surface area is 159 Å². The zero-order chi connectivity index (χ0) is 19.1. The van der Waals surface area contributed by atoms with E-state index in [0.29, 0.717) is 5.75 Å². The minimum absolute atomic E-state index is 0.207. The summed E-state index contributed by atoms with van der Waals surface area (Å²) in [6, 6.07) is 16.8. The summed E-state index contributed by atoms with van der Waals surface area (Å²) < 4.78 is 10.2. The van der Waals surface area contributed by atoms with Crippen LogP contribution in [0.4, 0.5) is 0 Å². The van der Waals surface area contributed by atoms with Crippen molar-refractivity contribution in [2.24, 2.45) is 10.2 Å². The van der Waals surface area contributed by atoms with Gasteiger partial charge in [-0.15, -0.1) is 5.10 Å². The lowest BCUT2D eigenvalue weighted by molar-refractivity contribution is -0.135. The molecule has 0 spiro atoms. The van der Waals surface area contributed by atoms with Crippen LogP contribution in [0.3, 0.4) is 0 Å². The molecule has 0 radical (unpaired) electrons. The summed E-state index contributed by atoms with van der Waals surface area (Å²) in [7, 11) is 1.24. The first kappa shape index (κ1) is 18.4. The van der Waals surface area contributed by atoms with Crippen molar-refractivity contribution < 1.29 is 19.1 Å². The molecule has 8 heteroatoms. The number of carbonyl (C=O) groups excluding carboxylic acids is 2. The SMILES string of the molecule is COC(=O)/C=C1/S/C(=N\N=Cc2ccc(Oc3ccccc3)cc2)NC1=O. The van der Waals surface area contributed by atoms with Crippen molar-refractivity contribution in [3.05, 3.63) is 71.1 Å². The fraction of sp³-hybridized carbons (Fsp3) is 0.0526. The van der Waals surface area contributed by atoms with Crippen molar-refractivity contribution >= 4 is 35.0 Å². The zero-order valence-corrected chi connectivity index (χ0v) is 15.1. The van der Waals surface area contributed by atoms with Crippen LogP contribution >= 0.6 is 11.8 Å². The summed E-state index contributed by atoms with van der Waals surface area (Å²) >= 11 is 1.02. The molecule has 1 N–H and O–H groups in total. The van der Waals surface area contributed by atoms with Gasteiger partial charge in [0.25, 0.3) is 5.91 Å². The molecule has 7 nitrogen and oxygen atoms in total. The maximum Gasteiger partial charge on any atom is 0.331 e. The largest absolute Gasteiger partial charge is 0.466 e. The molecule has 2 aromatic rings. The number of methoxy groups -OCH3 is 1. The van der Waals surface area contributed by atoms with Crippen molar-refractivity contribution in [3.63, 3.8) is 0 Å². The molecule has 0 aromatic heterocycles. The third kappa shape index (κ3) is 5.29. The van der Waals surface area contributed by atoms with Gasteiger partial charge in [-0.05, 0) is 53.7 Å². The van der Waals surface area contributed by atoms with Crippen LogP contribution in [-0.4, -0.2) is 30.4 Å². The minimum Gasteiger partial charge on any atom is -0.466 e. The maximum atomic E-state index is 11.7. The lowest BCUT2D eigenvalue weighted by Gasteiger charge is -2.04. The maximum absolute atomic E-state index is 11.7. The van der Waals surface area contributed by atoms with E-state index in [4.69, 9.17) is 4.74 Å². The van der Waals surface area contributed by atoms with E-state index < -0.39 is 11.9 Å². The van der Waals surface area contributed by atoms with Crippen LogP contribution < -0.4 is 10.1 Å². The van der Waals surface area contributed by atoms with E-state index in [1.54, 1.807) is 6.21 Å². The Morgan fingerprint density at radius 1 is 1.07 bits per heavy atom. The van der Waals surface area contributed by atoms with Gasteiger partial charge in [0.1, 0.15) is 11.5 Å². The zero-order valence-electron chi connectivity index (χ0n) is 14.3. The van der Waals surface area contributed by atoms with Gasteiger partial charge in [-0.25, -0.2) is 4.79 Å². The Kier molecular flexibility index (Phi) is 6.01. The van der Waals surface area contributed by atoms with Crippen LogP contribution in [0.5, 0.6) is 11.5 Å². The number of rotatable bonds is 5. The number of benzene rings is 2. The average molecular weight is 381 g/mol. The number of amidine groups is 1. The summed E-state index contributed by atoms with van der Waals surface area (Å²) in [6.45, 7) is 0. The van der Waals surface area contributed by atoms with Crippen LogP contribution in [0.25, 0.3) is 0 Å². The molecule has 1 heterocycles. The summed E-state index contributed by atoms with van der Waals surface area (Å²) in [5, 5.41) is 10.7. The van der Waals surface area contributed by atoms with Gasteiger partial charge in [0.05, 0.1) is 18.2 Å². The molecule has 0 unspecified atom stereocenters. The standard InChI is InChI=1S/C19H15N3O4S/c1-25-17(23)11-16-18(24)21-19(27-16)22-20-12-13-7-9-15(10-8-13)26-14-5-3-2-4-6-14/h2-12H,1H3,(H,21,22,24)/b16-11+,20-12?. The number of nitrogens with zero attached hydrogens (tertiary/aromatic N) is 2. The van der Waals surface area contributed by atoms with E-state index in [9.17, 15) is 9.59 Å². The highest BCUT2D eigenvalue weighted by atomic mass is 32.2. The first-order valence-electron chi connectivity index (χ1n) is 7.87. The molecule has 1 saturated heterocycles. The molecule has 2 aromatic carbocycles. The smallest absolute Gasteiger partial charge is 0.331 e. The highest BCUT2D eigenvalue weighted by Gasteiger charge is 2.24. The molecule has 0 aliphatic carbocycles. The number of esters is 1. The van der Waals surface area contributed by atoms with E-state index in [1.807, 2.05) is 54.6 Å². The second-order valence-corrected chi connectivity index (χ2v) is 6.25. The predicted molar refractivity (Wildman–Crippen MR) is 104 cm³/mol. The van der Waals surface area contributed by atoms with Crippen molar-refractivity contribution in [2.45, 2.75) is 0 Å². The average Bonchev–Trinajstić information content (AvgIpc) is 3.03. The Morgan fingerprint density at radius 3 is 2.48 bits per heavy atom. The third-order valence-electron chi connectivity index (χ3n) is 3.32. The molecule has 1 aliphatic heterocycles. The molecule has 136 valence electrons. The lowest BCUT2D eigenvalue weighted by Crippen LogP contribution is -2.19. The van der Waals surface area contributed by atoms with Crippen LogP contribution in [0.1, 0.15) is 5.56 Å². The van der Waals surface area contributed by atoms with Crippen molar-refractivity contribution in [3.8, 4) is 11.5 Å². The van der Waals surface area contributed by atoms with Gasteiger partial charge in [0.2, 0.25) is 0 Å². The summed E-state index contributed by atoms with van der Waals surface area (Å²) in [4.78, 5) is 23.1. The lowest BCUT2D eigenvalue weighted by atomic mass is 10.2. The third-order valence-corrected chi connectivity index (χ3v) is 4.22. The topological polar surface area (TPSA) is 89.3 Å². The van der Waals surface area contributed by atoms with E-state index in [1.165, 1.54) is 7.11 Å². The first-order chi connectivity index (χ1) is 13.1. The van der Waals surface area contributed by atoms with Gasteiger partial charge < -0.3 is 9.47 Å². The number of hydrogen-bond donors (Lipinski definition) is 1. The molecule has 1 amide bonds. The van der Waals surface area contributed by atoms with E-state index in [-0.39, 0.29) is 10.1 Å². The van der Waals surface area contributed by atoms with Gasteiger partial charge >= 0.3 is 5.97 Å². The van der Waals surface area contributed by atoms with Gasteiger partial charge in [-0.3, -0.25) is 10.1 Å². The van der Waals surface area contributed by atoms with E-state index in [0.717, 1.165) is 29.2 Å². The normalized spacial score (nSPS) is 16.7. The molecule has 1 fully saturated rings. The van der Waals surface area contributed by atoms with Crippen LogP contribution in [-0.2, 0) is 14.3 Å². The Morgan fingerprint density at radius 2 is 1.78 bits per heavy atom. The van der Waals surface area contributed by atoms with Crippen molar-refractivity contribution in [1.82, 2.24) is 5.32 Å². The fourth-order valence-electron chi connectivity index (χ4n) is 2.04. The highest BCUT2D eigenvalue weighted by Crippen LogP contribution is 2.23. The van der Waals surface area contributed by atoms with E-state index in [2.05, 4.69) is 20.3 Å². The minimum atomic E-state index is -0.602. The van der Waals surface area contributed by atoms with Gasteiger partial charge in [-0.1, -0.05) is 18.2 Å². The number of hydrogen-bond acceptors (Lipinski definition) is 7. The number of nitrogens with one attached hydrogen (secondary N) is 1. The number of amides is 1. The van der Waals surface area contributed by atoms with Crippen molar-refractivity contribution in [1.29, 1.82) is 0 Å². The Hall–Kier alpha value is -3.39. The van der Waals surface area contributed by atoms with Crippen LogP contribution in [0.15, 0.2) is 75.8 Å². The predicted octanol–water partition coefficient (Wildman–Crippen LogP) is 3.09. The molecular weight excluding hydrogens is 366 g/mol. The van der Waals surface area contributed by atoms with Gasteiger partial charge in [0, 0.05) is 6.08 Å². The molecule has 3 rings (SSSR count). The second kappa shape index (κ2) is 8.81. The molecule has 0 saturated carbocycles. The monoisotopic (exact) mass is 381 g/mol. The van der Waals surface area contributed by atoms with Crippen molar-refractivity contribution in [2.75, 3.05) is 7.11 Å². The molecule has 0 atom stereocenters. The molecule has 27 heavy (non-hydrogen) atoms. The van der Waals surface area contributed by atoms with Gasteiger partial charge in [-0.2, -0.15) is 5.10 Å². The quantitative estimate of drug-likeness (QED) is 0.372. The molecular formula is C19H15N3O4S. The van der Waals surface area contributed by atoms with Crippen LogP contribution in [0, 0.1) is 0 Å². The first-order valence-corrected chi connectivity index (χ1v) is 8.68. The second-order valence-electron chi connectivity index (χ2n) is 5.22. The summed E-state index contributed by atoms with van der Waals surface area (Å²) in [5.41, 5.74) is 0.819. The highest BCUT2D eigenvalue weighted by molar-refractivity contribution is 8.18. The number of thioether (sulfide) groups is 1. The fourth-order valence-corrected chi connectivity index (χ4v) is 2.77. The Bertz CT molecular complexity index is 922. The molecule has 0 bridgehead atoms. The number of ether oxygens (including phenoxy) is 2.